The number of ether oxygens (including phenoxy) is 7. The molecule has 24 nitrogen and oxygen atoms in total. The Hall–Kier alpha value is -3.32. The number of hydrogen-bond acceptors (Lipinski definition) is 22. The second kappa shape index (κ2) is 17.4. The average Bonchev–Trinajstić information content (AvgIpc) is 3.61. The molecular formula is C26H37N5O19P2S. The monoisotopic (exact) mass is 817 g/mol. The molecule has 7 unspecified atom stereocenters. The van der Waals surface area contributed by atoms with Gasteiger partial charge >= 0.3 is 38.5 Å². The fraction of sp³-hybridized carbons (Fsp3) is 0.654. The summed E-state index contributed by atoms with van der Waals surface area (Å²) in [6, 6.07) is 0. The lowest BCUT2D eigenvalue weighted by Crippen LogP contribution is -2.64. The van der Waals surface area contributed by atoms with Gasteiger partial charge in [-0.25, -0.2) is 24.1 Å². The molecule has 4 heterocycles. The number of nitrogens with two attached hydrogens (primary N) is 1. The van der Waals surface area contributed by atoms with E-state index < -0.39 is 113 Å². The predicted molar refractivity (Wildman–Crippen MR) is 173 cm³/mol. The third kappa shape index (κ3) is 10.7. The molecular weight excluding hydrogens is 780 g/mol. The Morgan fingerprint density at radius 3 is 2.23 bits per heavy atom. The molecule has 0 bridgehead atoms. The molecule has 12 atom stereocenters. The van der Waals surface area contributed by atoms with Crippen LogP contribution in [0.2, 0.25) is 0 Å². The van der Waals surface area contributed by atoms with E-state index in [2.05, 4.69) is 27.2 Å². The standard InChI is InChI=1S/C26H37N5O19P2S/c1-10(32)42-6-15(44-11(2)33)19-20(45-12(3)34)18(37)22(46-13(4)35)26(48-19)49-51(38,39)50-52(40,53)43-7-14-17(36)21(41-5)25(47-14)31-9-30-16-23(27)28-8-29-24(16)31/h8-9,14-15,17-22,25-26,36-37H,6-7H2,1-5H3,(H,38,39)(H,40,53)(H2,27,28,29)/t14-,15+,17-,18?,19?,20?,21-,22?,25-,26?,52?/m1/s1. The van der Waals surface area contributed by atoms with Gasteiger partial charge in [-0.3, -0.25) is 32.8 Å². The van der Waals surface area contributed by atoms with E-state index in [1.165, 1.54) is 24.3 Å². The van der Waals surface area contributed by atoms with Crippen LogP contribution in [0.15, 0.2) is 12.7 Å². The quantitative estimate of drug-likeness (QED) is 0.0643. The summed E-state index contributed by atoms with van der Waals surface area (Å²) in [5.74, 6) is -3.81. The van der Waals surface area contributed by atoms with Crippen LogP contribution in [0.25, 0.3) is 11.2 Å². The lowest BCUT2D eigenvalue weighted by molar-refractivity contribution is -0.299. The molecule has 2 aliphatic heterocycles. The molecule has 4 rings (SSSR count). The number of carbonyl (C=O) groups is 4. The van der Waals surface area contributed by atoms with Crippen molar-refractivity contribution in [1.82, 2.24) is 19.5 Å². The molecule has 27 heteroatoms. The second-order valence-electron chi connectivity index (χ2n) is 11.3. The van der Waals surface area contributed by atoms with Crippen LogP contribution in [0.3, 0.4) is 0 Å². The molecule has 2 saturated heterocycles. The number of phosphoric ester groups is 1. The predicted octanol–water partition coefficient (Wildman–Crippen LogP) is -0.686. The third-order valence-electron chi connectivity index (χ3n) is 7.39. The summed E-state index contributed by atoms with van der Waals surface area (Å²) in [5, 5.41) is 22.1. The van der Waals surface area contributed by atoms with E-state index in [0.717, 1.165) is 27.7 Å². The minimum absolute atomic E-state index is 0.0724. The van der Waals surface area contributed by atoms with Crippen LogP contribution in [0.4, 0.5) is 5.82 Å². The highest BCUT2D eigenvalue weighted by molar-refractivity contribution is 8.45. The highest BCUT2D eigenvalue weighted by Crippen LogP contribution is 2.66. The number of carbonyl (C=O) groups excluding carboxylic acids is 4. The van der Waals surface area contributed by atoms with E-state index in [4.69, 9.17) is 52.2 Å². The highest BCUT2D eigenvalue weighted by atomic mass is 32.7. The number of aliphatic hydroxyl groups excluding tert-OH is 2. The molecule has 53 heavy (non-hydrogen) atoms. The molecule has 0 aliphatic carbocycles. The Labute approximate surface area is 304 Å². The number of hydrogen-bond donors (Lipinski definition) is 5. The zero-order chi connectivity index (χ0) is 39.4. The molecule has 5 N–H and O–H groups in total. The normalized spacial score (nSPS) is 30.1. The molecule has 296 valence electrons. The maximum Gasteiger partial charge on any atom is 0.482 e. The van der Waals surface area contributed by atoms with Gasteiger partial charge in [0, 0.05) is 34.8 Å². The van der Waals surface area contributed by atoms with E-state index in [1.807, 2.05) is 0 Å². The first-order chi connectivity index (χ1) is 24.7. The van der Waals surface area contributed by atoms with Crippen molar-refractivity contribution in [2.24, 2.45) is 0 Å². The van der Waals surface area contributed by atoms with Crippen LogP contribution in [-0.4, -0.2) is 134 Å². The Morgan fingerprint density at radius 1 is 0.962 bits per heavy atom. The lowest BCUT2D eigenvalue weighted by Gasteiger charge is -2.44. The number of aromatic nitrogens is 4. The van der Waals surface area contributed by atoms with Crippen molar-refractivity contribution in [3.8, 4) is 0 Å². The number of rotatable bonds is 15. The number of esters is 4. The van der Waals surface area contributed by atoms with Crippen molar-refractivity contribution >= 4 is 67.7 Å². The third-order valence-corrected chi connectivity index (χ3v) is 11.0. The Balaban J connectivity index is 1.51. The van der Waals surface area contributed by atoms with E-state index >= 15 is 0 Å². The van der Waals surface area contributed by atoms with Crippen molar-refractivity contribution in [1.29, 1.82) is 0 Å². The number of imidazole rings is 1. The molecule has 0 saturated carbocycles. The van der Waals surface area contributed by atoms with Crippen molar-refractivity contribution < 1.29 is 89.9 Å². The van der Waals surface area contributed by atoms with Gasteiger partial charge in [-0.15, -0.1) is 0 Å². The summed E-state index contributed by atoms with van der Waals surface area (Å²) in [4.78, 5) is 70.1. The number of fused-ring (bicyclic) bond motifs is 1. The van der Waals surface area contributed by atoms with Gasteiger partial charge in [-0.2, -0.15) is 4.31 Å². The second-order valence-corrected chi connectivity index (χ2v) is 15.8. The highest BCUT2D eigenvalue weighted by Gasteiger charge is 2.55. The summed E-state index contributed by atoms with van der Waals surface area (Å²) in [5.41, 5.74) is 6.31. The SMILES string of the molecule is CO[C@@H]1[C@H](O)[C@@H](COP(=O)(S)OP(=O)(O)OC2OC([C@H](COC(C)=O)OC(C)=O)C(OC(C)=O)C(O)C2OC(C)=O)O[C@H]1n1cnc2c(N)ncnc21. The first-order valence-electron chi connectivity index (χ1n) is 15.2. The van der Waals surface area contributed by atoms with Crippen LogP contribution in [0.5, 0.6) is 0 Å². The summed E-state index contributed by atoms with van der Waals surface area (Å²) in [6.07, 6.45) is -14.2. The fourth-order valence-corrected chi connectivity index (χ4v) is 8.54. The first-order valence-corrected chi connectivity index (χ1v) is 19.4. The summed E-state index contributed by atoms with van der Waals surface area (Å²) in [6.45, 7) is -2.63. The summed E-state index contributed by atoms with van der Waals surface area (Å²) >= 11 is 3.72. The van der Waals surface area contributed by atoms with Gasteiger partial charge in [0.2, 0.25) is 6.29 Å². The summed E-state index contributed by atoms with van der Waals surface area (Å²) < 4.78 is 79.7. The van der Waals surface area contributed by atoms with Crippen molar-refractivity contribution in [3.05, 3.63) is 12.7 Å². The Bertz CT molecular complexity index is 1770. The molecule has 0 spiro atoms. The number of anilines is 1. The number of phosphoric acid groups is 1. The average molecular weight is 818 g/mol. The lowest BCUT2D eigenvalue weighted by atomic mass is 9.95. The van der Waals surface area contributed by atoms with Gasteiger partial charge in [-0.05, 0) is 0 Å². The van der Waals surface area contributed by atoms with Crippen molar-refractivity contribution in [3.63, 3.8) is 0 Å². The van der Waals surface area contributed by atoms with Crippen LogP contribution < -0.4 is 5.73 Å². The number of thiol groups is 1. The van der Waals surface area contributed by atoms with Crippen molar-refractivity contribution in [2.75, 3.05) is 26.1 Å². The zero-order valence-corrected chi connectivity index (χ0v) is 31.1. The molecule has 2 aromatic rings. The molecule has 0 aromatic carbocycles. The van der Waals surface area contributed by atoms with Crippen LogP contribution in [0.1, 0.15) is 33.9 Å². The van der Waals surface area contributed by atoms with Gasteiger partial charge in [0.15, 0.2) is 36.0 Å². The number of nitrogen functional groups attached to an aromatic ring is 1. The summed E-state index contributed by atoms with van der Waals surface area (Å²) in [7, 11) is -4.41. The zero-order valence-electron chi connectivity index (χ0n) is 28.4. The van der Waals surface area contributed by atoms with Gasteiger partial charge in [-0.1, -0.05) is 12.2 Å². The van der Waals surface area contributed by atoms with E-state index in [0.29, 0.717) is 0 Å². The van der Waals surface area contributed by atoms with Crippen LogP contribution in [-0.2, 0) is 74.8 Å². The van der Waals surface area contributed by atoms with Gasteiger partial charge in [0.1, 0.15) is 49.0 Å². The topological polar surface area (TPSA) is 325 Å². The van der Waals surface area contributed by atoms with Crippen LogP contribution in [0, 0.1) is 0 Å². The Kier molecular flexibility index (Phi) is 14.0. The minimum Gasteiger partial charge on any atom is -0.462 e. The Morgan fingerprint density at radius 2 is 1.62 bits per heavy atom. The van der Waals surface area contributed by atoms with E-state index in [9.17, 15) is 43.4 Å². The molecule has 0 radical (unpaired) electrons. The minimum atomic E-state index is -5.69. The number of aliphatic hydroxyl groups is 2. The molecule has 0 amide bonds. The maximum absolute atomic E-state index is 13.2. The van der Waals surface area contributed by atoms with Crippen LogP contribution >= 0.6 is 26.9 Å². The maximum atomic E-state index is 13.2. The van der Waals surface area contributed by atoms with E-state index in [-0.39, 0.29) is 17.0 Å². The van der Waals surface area contributed by atoms with E-state index in [1.54, 1.807) is 0 Å². The molecule has 2 aliphatic rings. The largest absolute Gasteiger partial charge is 0.482 e. The number of methoxy groups -OCH3 is 1. The van der Waals surface area contributed by atoms with Gasteiger partial charge < -0.3 is 54.0 Å². The first kappa shape index (κ1) is 42.4. The van der Waals surface area contributed by atoms with Gasteiger partial charge in [0.05, 0.1) is 12.9 Å². The van der Waals surface area contributed by atoms with Crippen molar-refractivity contribution in [2.45, 2.75) is 89.0 Å². The molecule has 2 aromatic heterocycles. The smallest absolute Gasteiger partial charge is 0.462 e. The van der Waals surface area contributed by atoms with Gasteiger partial charge in [0.25, 0.3) is 0 Å². The number of nitrogens with zero attached hydrogens (tertiary/aromatic N) is 4. The fourth-order valence-electron chi connectivity index (χ4n) is 5.35. The molecule has 2 fully saturated rings.